The van der Waals surface area contributed by atoms with Gasteiger partial charge in [0.1, 0.15) is 5.82 Å². The van der Waals surface area contributed by atoms with Crippen LogP contribution in [0.4, 0.5) is 10.1 Å². The molecule has 4 atom stereocenters. The summed E-state index contributed by atoms with van der Waals surface area (Å²) in [6.45, 7) is 9.77. The molecule has 106 valence electrons. The third-order valence-corrected chi connectivity index (χ3v) is 4.39. The maximum atomic E-state index is 13.5. The number of benzene rings is 1. The number of hydrogen-bond donors (Lipinski definition) is 1. The molecule has 1 fully saturated rings. The van der Waals surface area contributed by atoms with E-state index in [0.29, 0.717) is 17.9 Å². The molecule has 1 heterocycles. The van der Waals surface area contributed by atoms with Crippen LogP contribution in [0.15, 0.2) is 18.2 Å². The largest absolute Gasteiger partial charge is 0.368 e. The van der Waals surface area contributed by atoms with Crippen LogP contribution in [0.1, 0.15) is 45.7 Å². The van der Waals surface area contributed by atoms with Gasteiger partial charge in [-0.15, -0.1) is 0 Å². The van der Waals surface area contributed by atoms with Gasteiger partial charge in [-0.1, -0.05) is 13.8 Å². The Labute approximate surface area is 115 Å². The molecule has 1 aliphatic rings. The minimum absolute atomic E-state index is 0.148. The molecular weight excluding hydrogens is 239 g/mol. The summed E-state index contributed by atoms with van der Waals surface area (Å²) in [5.74, 6) is 1.11. The van der Waals surface area contributed by atoms with Crippen LogP contribution in [0, 0.1) is 17.7 Å². The van der Waals surface area contributed by atoms with Crippen molar-refractivity contribution in [3.63, 3.8) is 0 Å². The highest BCUT2D eigenvalue weighted by Crippen LogP contribution is 2.35. The smallest absolute Gasteiger partial charge is 0.123 e. The first-order chi connectivity index (χ1) is 8.90. The molecule has 1 aliphatic heterocycles. The second kappa shape index (κ2) is 5.49. The summed E-state index contributed by atoms with van der Waals surface area (Å²) < 4.78 is 13.5. The summed E-state index contributed by atoms with van der Waals surface area (Å²) in [6, 6.07) is 5.33. The van der Waals surface area contributed by atoms with Gasteiger partial charge in [-0.25, -0.2) is 4.39 Å². The van der Waals surface area contributed by atoms with E-state index in [2.05, 4.69) is 25.7 Å². The van der Waals surface area contributed by atoms with Gasteiger partial charge in [0, 0.05) is 24.3 Å². The number of nitrogens with zero attached hydrogens (tertiary/aromatic N) is 1. The van der Waals surface area contributed by atoms with Gasteiger partial charge in [0.15, 0.2) is 0 Å². The van der Waals surface area contributed by atoms with Gasteiger partial charge in [0.2, 0.25) is 0 Å². The lowest BCUT2D eigenvalue weighted by molar-refractivity contribution is 0.296. The molecule has 2 rings (SSSR count). The predicted octanol–water partition coefficient (Wildman–Crippen LogP) is 3.72. The monoisotopic (exact) mass is 264 g/mol. The fourth-order valence-corrected chi connectivity index (χ4v) is 3.18. The second-order valence-electron chi connectivity index (χ2n) is 6.20. The maximum Gasteiger partial charge on any atom is 0.123 e. The van der Waals surface area contributed by atoms with E-state index < -0.39 is 0 Å². The standard InChI is InChI=1S/C16H25FN2/c1-10-7-11(2)13(4)19(9-10)16-6-5-14(17)8-15(16)12(3)18/h5-6,8,10-13H,7,9,18H2,1-4H3/t10?,11?,12-,13?/m0/s1. The SMILES string of the molecule is CC1CC(C)C(C)N(c2ccc(F)cc2[C@H](C)N)C1. The van der Waals surface area contributed by atoms with Crippen LogP contribution < -0.4 is 10.6 Å². The highest BCUT2D eigenvalue weighted by Gasteiger charge is 2.30. The molecule has 2 N–H and O–H groups in total. The van der Waals surface area contributed by atoms with Gasteiger partial charge in [-0.3, -0.25) is 0 Å². The Morgan fingerprint density at radius 2 is 2.00 bits per heavy atom. The molecule has 1 aromatic rings. The third-order valence-electron chi connectivity index (χ3n) is 4.39. The number of piperidine rings is 1. The van der Waals surface area contributed by atoms with Gasteiger partial charge in [-0.05, 0) is 55.9 Å². The predicted molar refractivity (Wildman–Crippen MR) is 78.8 cm³/mol. The molecule has 0 aliphatic carbocycles. The van der Waals surface area contributed by atoms with E-state index in [9.17, 15) is 4.39 Å². The summed E-state index contributed by atoms with van der Waals surface area (Å²) in [4.78, 5) is 2.40. The highest BCUT2D eigenvalue weighted by atomic mass is 19.1. The van der Waals surface area contributed by atoms with E-state index in [4.69, 9.17) is 5.73 Å². The Balaban J connectivity index is 2.39. The first kappa shape index (κ1) is 14.3. The van der Waals surface area contributed by atoms with Crippen molar-refractivity contribution in [1.82, 2.24) is 0 Å². The van der Waals surface area contributed by atoms with Crippen LogP contribution in [0.25, 0.3) is 0 Å². The normalized spacial score (nSPS) is 29.4. The molecule has 0 radical (unpaired) electrons. The molecule has 0 bridgehead atoms. The molecule has 1 saturated heterocycles. The Morgan fingerprint density at radius 3 is 2.63 bits per heavy atom. The zero-order valence-electron chi connectivity index (χ0n) is 12.4. The van der Waals surface area contributed by atoms with Crippen molar-refractivity contribution >= 4 is 5.69 Å². The summed E-state index contributed by atoms with van der Waals surface area (Å²) in [5, 5.41) is 0. The van der Waals surface area contributed by atoms with Crippen LogP contribution in [0.2, 0.25) is 0 Å². The van der Waals surface area contributed by atoms with Crippen LogP contribution >= 0.6 is 0 Å². The van der Waals surface area contributed by atoms with Crippen molar-refractivity contribution in [3.8, 4) is 0 Å². The van der Waals surface area contributed by atoms with Crippen molar-refractivity contribution in [2.45, 2.75) is 46.2 Å². The highest BCUT2D eigenvalue weighted by molar-refractivity contribution is 5.56. The molecule has 0 amide bonds. The average molecular weight is 264 g/mol. The molecule has 3 unspecified atom stereocenters. The van der Waals surface area contributed by atoms with Crippen molar-refractivity contribution in [1.29, 1.82) is 0 Å². The van der Waals surface area contributed by atoms with Crippen molar-refractivity contribution in [2.75, 3.05) is 11.4 Å². The van der Waals surface area contributed by atoms with Crippen molar-refractivity contribution < 1.29 is 4.39 Å². The molecule has 0 spiro atoms. The van der Waals surface area contributed by atoms with E-state index in [1.165, 1.54) is 12.5 Å². The number of nitrogens with two attached hydrogens (primary N) is 1. The lowest BCUT2D eigenvalue weighted by atomic mass is 9.85. The Morgan fingerprint density at radius 1 is 1.32 bits per heavy atom. The minimum Gasteiger partial charge on any atom is -0.368 e. The zero-order valence-corrected chi connectivity index (χ0v) is 12.4. The molecule has 1 aromatic carbocycles. The quantitative estimate of drug-likeness (QED) is 0.882. The molecule has 2 nitrogen and oxygen atoms in total. The van der Waals surface area contributed by atoms with Gasteiger partial charge >= 0.3 is 0 Å². The van der Waals surface area contributed by atoms with Gasteiger partial charge in [0.25, 0.3) is 0 Å². The minimum atomic E-state index is -0.207. The fraction of sp³-hybridized carbons (Fsp3) is 0.625. The van der Waals surface area contributed by atoms with Gasteiger partial charge in [-0.2, -0.15) is 0 Å². The fourth-order valence-electron chi connectivity index (χ4n) is 3.18. The number of halogens is 1. The average Bonchev–Trinajstić information content (AvgIpc) is 2.34. The lowest BCUT2D eigenvalue weighted by Crippen LogP contribution is -2.46. The van der Waals surface area contributed by atoms with Crippen LogP contribution in [0.3, 0.4) is 0 Å². The Bertz CT molecular complexity index is 444. The molecular formula is C16H25FN2. The van der Waals surface area contributed by atoms with Gasteiger partial charge in [0.05, 0.1) is 0 Å². The summed E-state index contributed by atoms with van der Waals surface area (Å²) in [6.07, 6.45) is 1.26. The summed E-state index contributed by atoms with van der Waals surface area (Å²) >= 11 is 0. The first-order valence-electron chi connectivity index (χ1n) is 7.21. The topological polar surface area (TPSA) is 29.3 Å². The number of anilines is 1. The van der Waals surface area contributed by atoms with Crippen molar-refractivity contribution in [3.05, 3.63) is 29.6 Å². The second-order valence-corrected chi connectivity index (χ2v) is 6.20. The summed E-state index contributed by atoms with van der Waals surface area (Å²) in [7, 11) is 0. The Kier molecular flexibility index (Phi) is 4.14. The Hall–Kier alpha value is -1.09. The van der Waals surface area contributed by atoms with Crippen LogP contribution in [-0.2, 0) is 0 Å². The molecule has 19 heavy (non-hydrogen) atoms. The van der Waals surface area contributed by atoms with Crippen LogP contribution in [-0.4, -0.2) is 12.6 Å². The van der Waals surface area contributed by atoms with Crippen LogP contribution in [0.5, 0.6) is 0 Å². The third kappa shape index (κ3) is 2.92. The van der Waals surface area contributed by atoms with E-state index in [1.807, 2.05) is 13.0 Å². The van der Waals surface area contributed by atoms with E-state index in [0.717, 1.165) is 17.8 Å². The molecule has 3 heteroatoms. The molecule has 0 saturated carbocycles. The number of rotatable bonds is 2. The molecule has 0 aromatic heterocycles. The maximum absolute atomic E-state index is 13.5. The van der Waals surface area contributed by atoms with E-state index in [1.54, 1.807) is 6.07 Å². The first-order valence-corrected chi connectivity index (χ1v) is 7.21. The lowest BCUT2D eigenvalue weighted by Gasteiger charge is -2.43. The van der Waals surface area contributed by atoms with E-state index >= 15 is 0 Å². The number of hydrogen-bond acceptors (Lipinski definition) is 2. The zero-order chi connectivity index (χ0) is 14.2. The van der Waals surface area contributed by atoms with Crippen molar-refractivity contribution in [2.24, 2.45) is 17.6 Å². The summed E-state index contributed by atoms with van der Waals surface area (Å²) in [5.41, 5.74) is 8.02. The van der Waals surface area contributed by atoms with E-state index in [-0.39, 0.29) is 11.9 Å². The van der Waals surface area contributed by atoms with Gasteiger partial charge < -0.3 is 10.6 Å².